The van der Waals surface area contributed by atoms with Crippen LogP contribution in [0.5, 0.6) is 0 Å². The van der Waals surface area contributed by atoms with Crippen LogP contribution < -0.4 is 10.9 Å². The standard InChI is InChI=1S/C22H23N3O4S/c26-19(24-20(27)15-7-2-1-3-8-15)14-30-22-23-18-11-5-4-10-17(18)21(28)25(22)13-16-9-6-12-29-16/h4-6,9-12,15H,1-3,7-8,13-14H2,(H,24,26,27). The van der Waals surface area contributed by atoms with Crippen LogP contribution in [0.1, 0.15) is 37.9 Å². The van der Waals surface area contributed by atoms with Crippen LogP contribution in [0.4, 0.5) is 0 Å². The number of imide groups is 1. The molecule has 0 aliphatic heterocycles. The van der Waals surface area contributed by atoms with Gasteiger partial charge in [0.05, 0.1) is 29.5 Å². The molecule has 1 N–H and O–H groups in total. The van der Waals surface area contributed by atoms with Gasteiger partial charge in [0.2, 0.25) is 11.8 Å². The predicted molar refractivity (Wildman–Crippen MR) is 114 cm³/mol. The van der Waals surface area contributed by atoms with E-state index in [1.54, 1.807) is 36.6 Å². The van der Waals surface area contributed by atoms with Gasteiger partial charge in [-0.1, -0.05) is 43.2 Å². The summed E-state index contributed by atoms with van der Waals surface area (Å²) < 4.78 is 6.89. The largest absolute Gasteiger partial charge is 0.467 e. The van der Waals surface area contributed by atoms with Crippen LogP contribution >= 0.6 is 11.8 Å². The monoisotopic (exact) mass is 425 g/mol. The van der Waals surface area contributed by atoms with Crippen LogP contribution in [0.2, 0.25) is 0 Å². The molecule has 7 nitrogen and oxygen atoms in total. The second-order valence-corrected chi connectivity index (χ2v) is 8.36. The average Bonchev–Trinajstić information content (AvgIpc) is 3.28. The number of aromatic nitrogens is 2. The van der Waals surface area contributed by atoms with E-state index < -0.39 is 0 Å². The molecule has 2 aromatic heterocycles. The zero-order chi connectivity index (χ0) is 20.9. The quantitative estimate of drug-likeness (QED) is 0.481. The number of para-hydroxylation sites is 1. The fraction of sp³-hybridized carbons (Fsp3) is 0.364. The van der Waals surface area contributed by atoms with E-state index in [9.17, 15) is 14.4 Å². The van der Waals surface area contributed by atoms with Gasteiger partial charge in [0.1, 0.15) is 5.76 Å². The minimum absolute atomic E-state index is 0.00138. The average molecular weight is 426 g/mol. The fourth-order valence-electron chi connectivity index (χ4n) is 3.73. The summed E-state index contributed by atoms with van der Waals surface area (Å²) in [5.41, 5.74) is 0.373. The van der Waals surface area contributed by atoms with Crippen molar-refractivity contribution < 1.29 is 14.0 Å². The van der Waals surface area contributed by atoms with E-state index >= 15 is 0 Å². The molecular formula is C22H23N3O4S. The molecule has 1 aliphatic carbocycles. The topological polar surface area (TPSA) is 94.2 Å². The summed E-state index contributed by atoms with van der Waals surface area (Å²) in [6.45, 7) is 0.217. The summed E-state index contributed by atoms with van der Waals surface area (Å²) >= 11 is 1.14. The number of benzene rings is 1. The van der Waals surface area contributed by atoms with Crippen LogP contribution in [0.3, 0.4) is 0 Å². The maximum Gasteiger partial charge on any atom is 0.262 e. The first-order valence-electron chi connectivity index (χ1n) is 10.1. The highest BCUT2D eigenvalue weighted by Crippen LogP contribution is 2.24. The molecule has 1 saturated carbocycles. The van der Waals surface area contributed by atoms with Crippen molar-refractivity contribution in [3.05, 3.63) is 58.8 Å². The highest BCUT2D eigenvalue weighted by Gasteiger charge is 2.23. The Morgan fingerprint density at radius 1 is 1.13 bits per heavy atom. The summed E-state index contributed by atoms with van der Waals surface area (Å²) in [5.74, 6) is -0.0274. The third-order valence-corrected chi connectivity index (χ3v) is 6.27. The Balaban J connectivity index is 1.51. The van der Waals surface area contributed by atoms with E-state index in [4.69, 9.17) is 4.42 Å². The Bertz CT molecular complexity index is 1100. The summed E-state index contributed by atoms with van der Waals surface area (Å²) in [6, 6.07) is 10.6. The van der Waals surface area contributed by atoms with Crippen molar-refractivity contribution in [1.82, 2.24) is 14.9 Å². The zero-order valence-corrected chi connectivity index (χ0v) is 17.3. The molecule has 0 saturated heterocycles. The molecular weight excluding hydrogens is 402 g/mol. The van der Waals surface area contributed by atoms with Gasteiger partial charge in [0, 0.05) is 5.92 Å². The van der Waals surface area contributed by atoms with Gasteiger partial charge in [-0.25, -0.2) is 4.98 Å². The number of furan rings is 1. The Morgan fingerprint density at radius 3 is 2.70 bits per heavy atom. The van der Waals surface area contributed by atoms with Gasteiger partial charge in [0.25, 0.3) is 5.56 Å². The van der Waals surface area contributed by atoms with E-state index in [0.717, 1.165) is 43.9 Å². The number of carbonyl (C=O) groups excluding carboxylic acids is 2. The van der Waals surface area contributed by atoms with Crippen molar-refractivity contribution in [1.29, 1.82) is 0 Å². The van der Waals surface area contributed by atoms with Crippen molar-refractivity contribution in [3.63, 3.8) is 0 Å². The van der Waals surface area contributed by atoms with E-state index in [-0.39, 0.29) is 35.6 Å². The molecule has 3 aromatic rings. The molecule has 1 aromatic carbocycles. The summed E-state index contributed by atoms with van der Waals surface area (Å²) in [6.07, 6.45) is 6.42. The second kappa shape index (κ2) is 9.30. The molecule has 0 unspecified atom stereocenters. The lowest BCUT2D eigenvalue weighted by molar-refractivity contribution is -0.132. The fourth-order valence-corrected chi connectivity index (χ4v) is 4.52. The first kappa shape index (κ1) is 20.4. The molecule has 2 heterocycles. The van der Waals surface area contributed by atoms with E-state index in [0.29, 0.717) is 21.8 Å². The lowest BCUT2D eigenvalue weighted by atomic mass is 9.89. The highest BCUT2D eigenvalue weighted by molar-refractivity contribution is 7.99. The van der Waals surface area contributed by atoms with Gasteiger partial charge in [-0.2, -0.15) is 0 Å². The number of amides is 2. The van der Waals surface area contributed by atoms with Crippen molar-refractivity contribution in [2.24, 2.45) is 5.92 Å². The number of thioether (sulfide) groups is 1. The number of nitrogens with zero attached hydrogens (tertiary/aromatic N) is 2. The first-order valence-corrected chi connectivity index (χ1v) is 11.1. The smallest absolute Gasteiger partial charge is 0.262 e. The van der Waals surface area contributed by atoms with E-state index in [2.05, 4.69) is 10.3 Å². The van der Waals surface area contributed by atoms with Gasteiger partial charge in [-0.05, 0) is 37.1 Å². The molecule has 0 spiro atoms. The van der Waals surface area contributed by atoms with Crippen molar-refractivity contribution in [2.45, 2.75) is 43.8 Å². The molecule has 0 bridgehead atoms. The zero-order valence-electron chi connectivity index (χ0n) is 16.5. The second-order valence-electron chi connectivity index (χ2n) is 7.42. The third-order valence-electron chi connectivity index (χ3n) is 5.29. The molecule has 8 heteroatoms. The lowest BCUT2D eigenvalue weighted by Crippen LogP contribution is -2.37. The SMILES string of the molecule is O=C(CSc1nc2ccccc2c(=O)n1Cc1ccco1)NC(=O)C1CCCCC1. The summed E-state index contributed by atoms with van der Waals surface area (Å²) in [4.78, 5) is 42.3. The summed E-state index contributed by atoms with van der Waals surface area (Å²) in [7, 11) is 0. The molecule has 0 radical (unpaired) electrons. The molecule has 2 amide bonds. The molecule has 156 valence electrons. The van der Waals surface area contributed by atoms with E-state index in [1.807, 2.05) is 6.07 Å². The molecule has 1 aliphatic rings. The van der Waals surface area contributed by atoms with Gasteiger partial charge in [0.15, 0.2) is 5.16 Å². The minimum Gasteiger partial charge on any atom is -0.467 e. The summed E-state index contributed by atoms with van der Waals surface area (Å²) in [5, 5.41) is 3.42. The van der Waals surface area contributed by atoms with Crippen molar-refractivity contribution in [3.8, 4) is 0 Å². The van der Waals surface area contributed by atoms with Crippen LogP contribution in [0.15, 0.2) is 57.0 Å². The number of carbonyl (C=O) groups is 2. The van der Waals surface area contributed by atoms with E-state index in [1.165, 1.54) is 4.57 Å². The molecule has 30 heavy (non-hydrogen) atoms. The maximum absolute atomic E-state index is 13.0. The van der Waals surface area contributed by atoms with Crippen molar-refractivity contribution in [2.75, 3.05) is 5.75 Å². The number of hydrogen-bond donors (Lipinski definition) is 1. The highest BCUT2D eigenvalue weighted by atomic mass is 32.2. The van der Waals surface area contributed by atoms with Gasteiger partial charge in [-0.3, -0.25) is 24.3 Å². The Morgan fingerprint density at radius 2 is 1.93 bits per heavy atom. The Labute approximate surface area is 177 Å². The number of rotatable bonds is 6. The van der Waals surface area contributed by atoms with Crippen molar-refractivity contribution >= 4 is 34.5 Å². The van der Waals surface area contributed by atoms with Gasteiger partial charge < -0.3 is 4.42 Å². The van der Waals surface area contributed by atoms with Crippen LogP contribution in [0, 0.1) is 5.92 Å². The third kappa shape index (κ3) is 4.64. The number of hydrogen-bond acceptors (Lipinski definition) is 6. The van der Waals surface area contributed by atoms with Gasteiger partial charge in [-0.15, -0.1) is 0 Å². The predicted octanol–water partition coefficient (Wildman–Crippen LogP) is 3.35. The Kier molecular flexibility index (Phi) is 6.32. The maximum atomic E-state index is 13.0. The van der Waals surface area contributed by atoms with Gasteiger partial charge >= 0.3 is 0 Å². The first-order chi connectivity index (χ1) is 14.6. The lowest BCUT2D eigenvalue weighted by Gasteiger charge is -2.20. The normalized spacial score (nSPS) is 14.7. The number of nitrogens with one attached hydrogen (secondary N) is 1. The number of fused-ring (bicyclic) bond motifs is 1. The van der Waals surface area contributed by atoms with Crippen LogP contribution in [-0.4, -0.2) is 27.1 Å². The van der Waals surface area contributed by atoms with Crippen LogP contribution in [-0.2, 0) is 16.1 Å². The molecule has 0 atom stereocenters. The Hall–Kier alpha value is -2.87. The molecule has 1 fully saturated rings. The molecule has 4 rings (SSSR count). The van der Waals surface area contributed by atoms with Crippen LogP contribution in [0.25, 0.3) is 10.9 Å². The minimum atomic E-state index is -0.373.